The van der Waals surface area contributed by atoms with Crippen LogP contribution in [0.5, 0.6) is 0 Å². The molecule has 0 aliphatic rings. The molecule has 0 fully saturated rings. The molecule has 2 rings (SSSR count). The summed E-state index contributed by atoms with van der Waals surface area (Å²) in [5, 5.41) is 16.8. The minimum absolute atomic E-state index is 0.189. The van der Waals surface area contributed by atoms with Crippen LogP contribution in [0.2, 0.25) is 0 Å². The number of hydrogen-bond donors (Lipinski definition) is 1. The van der Waals surface area contributed by atoms with Gasteiger partial charge in [-0.15, -0.1) is 11.3 Å². The molecule has 0 saturated heterocycles. The summed E-state index contributed by atoms with van der Waals surface area (Å²) in [4.78, 5) is 15.8. The van der Waals surface area contributed by atoms with Crippen LogP contribution in [0.15, 0.2) is 17.6 Å². The van der Waals surface area contributed by atoms with Gasteiger partial charge >= 0.3 is 5.00 Å². The molecule has 0 saturated carbocycles. The van der Waals surface area contributed by atoms with Crippen molar-refractivity contribution in [2.75, 3.05) is 0 Å². The lowest BCUT2D eigenvalue weighted by Crippen LogP contribution is -2.11. The van der Waals surface area contributed by atoms with E-state index >= 15 is 0 Å². The molecule has 7 heteroatoms. The number of thiophene rings is 1. The lowest BCUT2D eigenvalue weighted by atomic mass is 10.3. The fourth-order valence-electron chi connectivity index (χ4n) is 1.46. The smallest absolute Gasteiger partial charge is 0.306 e. The summed E-state index contributed by atoms with van der Waals surface area (Å²) in [6.45, 7) is 3.44. The van der Waals surface area contributed by atoms with E-state index in [-0.39, 0.29) is 9.92 Å². The zero-order valence-corrected chi connectivity index (χ0v) is 11.5. The Balaban J connectivity index is 1.82. The Morgan fingerprint density at radius 3 is 2.94 bits per heavy atom. The maximum atomic E-state index is 10.5. The van der Waals surface area contributed by atoms with Crippen molar-refractivity contribution in [3.05, 3.63) is 43.2 Å². The van der Waals surface area contributed by atoms with Crippen LogP contribution in [-0.4, -0.2) is 9.91 Å². The fraction of sp³-hybridized carbons (Fsp3) is 0.364. The summed E-state index contributed by atoms with van der Waals surface area (Å²) in [6, 6.07) is 1.61. The molecule has 0 spiro atoms. The summed E-state index contributed by atoms with van der Waals surface area (Å²) in [6.07, 6.45) is 2.91. The van der Waals surface area contributed by atoms with Gasteiger partial charge in [-0.05, 0) is 12.0 Å². The van der Waals surface area contributed by atoms with Crippen LogP contribution in [0.3, 0.4) is 0 Å². The molecule has 2 aromatic heterocycles. The Labute approximate surface area is 113 Å². The fourth-order valence-corrected chi connectivity index (χ4v) is 3.02. The number of nitrogens with one attached hydrogen (secondary N) is 1. The molecule has 0 unspecified atom stereocenters. The molecule has 18 heavy (non-hydrogen) atoms. The van der Waals surface area contributed by atoms with Gasteiger partial charge in [-0.3, -0.25) is 10.1 Å². The quantitative estimate of drug-likeness (QED) is 0.653. The van der Waals surface area contributed by atoms with Crippen molar-refractivity contribution in [3.8, 4) is 0 Å². The molecule has 5 nitrogen and oxygen atoms in total. The monoisotopic (exact) mass is 283 g/mol. The SMILES string of the molecule is CCc1cnc(CNCc2csc([N+](=O)[O-])c2)s1. The number of nitro groups is 1. The van der Waals surface area contributed by atoms with Crippen molar-refractivity contribution >= 4 is 27.7 Å². The first-order chi connectivity index (χ1) is 8.69. The second-order valence-corrected chi connectivity index (χ2v) is 5.82. The van der Waals surface area contributed by atoms with Gasteiger partial charge in [0.1, 0.15) is 5.01 Å². The molecular formula is C11H13N3O2S2. The second kappa shape index (κ2) is 6.03. The van der Waals surface area contributed by atoms with Crippen LogP contribution in [0.1, 0.15) is 22.4 Å². The zero-order chi connectivity index (χ0) is 13.0. The first-order valence-corrected chi connectivity index (χ1v) is 7.24. The maximum absolute atomic E-state index is 10.5. The van der Waals surface area contributed by atoms with Crippen molar-refractivity contribution in [3.63, 3.8) is 0 Å². The zero-order valence-electron chi connectivity index (χ0n) is 9.88. The molecule has 1 N–H and O–H groups in total. The van der Waals surface area contributed by atoms with E-state index in [1.165, 1.54) is 4.88 Å². The molecule has 0 radical (unpaired) electrons. The standard InChI is InChI=1S/C11H13N3O2S2/c1-2-9-5-13-10(18-9)6-12-4-8-3-11(14(15)16)17-7-8/h3,5,7,12H,2,4,6H2,1H3. The van der Waals surface area contributed by atoms with Crippen molar-refractivity contribution in [1.82, 2.24) is 10.3 Å². The molecule has 96 valence electrons. The highest BCUT2D eigenvalue weighted by Gasteiger charge is 2.09. The van der Waals surface area contributed by atoms with E-state index in [1.54, 1.807) is 17.4 Å². The van der Waals surface area contributed by atoms with Crippen molar-refractivity contribution in [2.24, 2.45) is 0 Å². The van der Waals surface area contributed by atoms with Crippen LogP contribution in [0.25, 0.3) is 0 Å². The summed E-state index contributed by atoms with van der Waals surface area (Å²) in [5.41, 5.74) is 0.943. The third kappa shape index (κ3) is 3.34. The van der Waals surface area contributed by atoms with Crippen molar-refractivity contribution in [1.29, 1.82) is 0 Å². The molecule has 2 aromatic rings. The van der Waals surface area contributed by atoms with E-state index in [1.807, 2.05) is 11.6 Å². The number of thiazole rings is 1. The normalized spacial score (nSPS) is 10.7. The summed E-state index contributed by atoms with van der Waals surface area (Å²) < 4.78 is 0. The lowest BCUT2D eigenvalue weighted by Gasteiger charge is -1.98. The lowest BCUT2D eigenvalue weighted by molar-refractivity contribution is -0.380. The van der Waals surface area contributed by atoms with Crippen LogP contribution < -0.4 is 5.32 Å². The van der Waals surface area contributed by atoms with Crippen LogP contribution in [-0.2, 0) is 19.5 Å². The molecule has 0 aliphatic carbocycles. The predicted molar refractivity (Wildman–Crippen MR) is 73.0 cm³/mol. The average molecular weight is 283 g/mol. The summed E-state index contributed by atoms with van der Waals surface area (Å²) >= 11 is 2.86. The Morgan fingerprint density at radius 2 is 2.33 bits per heavy atom. The highest BCUT2D eigenvalue weighted by molar-refractivity contribution is 7.13. The topological polar surface area (TPSA) is 68.1 Å². The van der Waals surface area contributed by atoms with Gasteiger partial charge in [-0.1, -0.05) is 18.3 Å². The second-order valence-electron chi connectivity index (χ2n) is 3.73. The molecular weight excluding hydrogens is 270 g/mol. The molecule has 0 amide bonds. The number of aryl methyl sites for hydroxylation is 1. The van der Waals surface area contributed by atoms with E-state index in [9.17, 15) is 10.1 Å². The van der Waals surface area contributed by atoms with Crippen LogP contribution in [0, 0.1) is 10.1 Å². The Hall–Kier alpha value is -1.31. The largest absolute Gasteiger partial charge is 0.324 e. The van der Waals surface area contributed by atoms with E-state index in [2.05, 4.69) is 17.2 Å². The number of nitrogens with zero attached hydrogens (tertiary/aromatic N) is 2. The molecule has 0 bridgehead atoms. The number of rotatable bonds is 6. The van der Waals surface area contributed by atoms with Gasteiger partial charge in [0.25, 0.3) is 0 Å². The van der Waals surface area contributed by atoms with Gasteiger partial charge in [-0.2, -0.15) is 0 Å². The third-order valence-corrected chi connectivity index (χ3v) is 4.45. The number of hydrogen-bond acceptors (Lipinski definition) is 6. The van der Waals surface area contributed by atoms with Crippen molar-refractivity contribution < 1.29 is 4.92 Å². The van der Waals surface area contributed by atoms with E-state index in [0.717, 1.165) is 28.3 Å². The van der Waals surface area contributed by atoms with Gasteiger partial charge < -0.3 is 5.32 Å². The van der Waals surface area contributed by atoms with Gasteiger partial charge in [0.15, 0.2) is 0 Å². The van der Waals surface area contributed by atoms with Gasteiger partial charge in [0.2, 0.25) is 0 Å². The Kier molecular flexibility index (Phi) is 4.40. The average Bonchev–Trinajstić information content (AvgIpc) is 2.97. The first-order valence-electron chi connectivity index (χ1n) is 5.55. The van der Waals surface area contributed by atoms with E-state index in [0.29, 0.717) is 13.1 Å². The maximum Gasteiger partial charge on any atom is 0.324 e. The minimum atomic E-state index is -0.359. The van der Waals surface area contributed by atoms with Gasteiger partial charge in [0, 0.05) is 35.6 Å². The molecule has 2 heterocycles. The van der Waals surface area contributed by atoms with Crippen LogP contribution in [0.4, 0.5) is 5.00 Å². The third-order valence-electron chi connectivity index (χ3n) is 2.38. The molecule has 0 atom stereocenters. The number of aromatic nitrogens is 1. The van der Waals surface area contributed by atoms with E-state index < -0.39 is 0 Å². The minimum Gasteiger partial charge on any atom is -0.306 e. The summed E-state index contributed by atoms with van der Waals surface area (Å²) in [7, 11) is 0. The van der Waals surface area contributed by atoms with Gasteiger partial charge in [-0.25, -0.2) is 4.98 Å². The predicted octanol–water partition coefficient (Wildman–Crippen LogP) is 2.97. The highest BCUT2D eigenvalue weighted by atomic mass is 32.1. The highest BCUT2D eigenvalue weighted by Crippen LogP contribution is 2.22. The van der Waals surface area contributed by atoms with E-state index in [4.69, 9.17) is 0 Å². The molecule has 0 aliphatic heterocycles. The molecule has 0 aromatic carbocycles. The van der Waals surface area contributed by atoms with Crippen LogP contribution >= 0.6 is 22.7 Å². The Bertz CT molecular complexity index is 536. The van der Waals surface area contributed by atoms with Crippen molar-refractivity contribution in [2.45, 2.75) is 26.4 Å². The Morgan fingerprint density at radius 1 is 1.50 bits per heavy atom. The summed E-state index contributed by atoms with van der Waals surface area (Å²) in [5.74, 6) is 0. The first kappa shape index (κ1) is 13.1. The van der Waals surface area contributed by atoms with Gasteiger partial charge in [0.05, 0.1) is 4.92 Å².